The predicted molar refractivity (Wildman–Crippen MR) is 84.2 cm³/mol. The van der Waals surface area contributed by atoms with Crippen molar-refractivity contribution in [2.45, 2.75) is 39.3 Å². The third kappa shape index (κ3) is 3.82. The van der Waals surface area contributed by atoms with Crippen molar-refractivity contribution in [1.29, 1.82) is 0 Å². The minimum absolute atomic E-state index is 0.155. The molecule has 1 aromatic rings. The Bertz CT molecular complexity index is 481. The maximum absolute atomic E-state index is 6.39. The fourth-order valence-corrected chi connectivity index (χ4v) is 2.98. The van der Waals surface area contributed by atoms with Crippen LogP contribution in [0.15, 0.2) is 12.1 Å². The van der Waals surface area contributed by atoms with Gasteiger partial charge in [0.15, 0.2) is 11.5 Å². The number of hydrogen-bond acceptors (Lipinski definition) is 4. The van der Waals surface area contributed by atoms with Gasteiger partial charge in [-0.15, -0.1) is 0 Å². The van der Waals surface area contributed by atoms with E-state index < -0.39 is 0 Å². The summed E-state index contributed by atoms with van der Waals surface area (Å²) in [4.78, 5) is 0. The molecule has 1 saturated heterocycles. The minimum Gasteiger partial charge on any atom is -0.490 e. The quantitative estimate of drug-likeness (QED) is 0.872. The molecule has 2 N–H and O–H groups in total. The van der Waals surface area contributed by atoms with Gasteiger partial charge in [0.25, 0.3) is 0 Å². The van der Waals surface area contributed by atoms with Crippen molar-refractivity contribution in [2.24, 2.45) is 11.7 Å². The molecule has 0 aliphatic carbocycles. The average Bonchev–Trinajstić information content (AvgIpc) is 2.88. The topological polar surface area (TPSA) is 53.7 Å². The van der Waals surface area contributed by atoms with Crippen molar-refractivity contribution >= 4 is 11.6 Å². The Morgan fingerprint density at radius 3 is 2.43 bits per heavy atom. The molecule has 0 amide bonds. The summed E-state index contributed by atoms with van der Waals surface area (Å²) in [5.74, 6) is 1.64. The Hall–Kier alpha value is -0.970. The summed E-state index contributed by atoms with van der Waals surface area (Å²) in [7, 11) is 0. The zero-order valence-corrected chi connectivity index (χ0v) is 13.7. The first-order valence-electron chi connectivity index (χ1n) is 7.53. The van der Waals surface area contributed by atoms with Crippen LogP contribution in [0.1, 0.15) is 38.8 Å². The normalized spacial score (nSPS) is 23.1. The van der Waals surface area contributed by atoms with E-state index in [-0.39, 0.29) is 18.1 Å². The lowest BCUT2D eigenvalue weighted by Gasteiger charge is -2.21. The number of nitrogens with two attached hydrogens (primary N) is 1. The van der Waals surface area contributed by atoms with Crippen LogP contribution < -0.4 is 15.2 Å². The maximum atomic E-state index is 6.39. The second kappa shape index (κ2) is 7.34. The van der Waals surface area contributed by atoms with E-state index in [1.165, 1.54) is 0 Å². The molecule has 1 aliphatic heterocycles. The second-order valence-corrected chi connectivity index (χ2v) is 5.76. The zero-order valence-electron chi connectivity index (χ0n) is 12.9. The smallest absolute Gasteiger partial charge is 0.162 e. The van der Waals surface area contributed by atoms with Crippen LogP contribution in [0.5, 0.6) is 11.5 Å². The second-order valence-electron chi connectivity index (χ2n) is 5.35. The largest absolute Gasteiger partial charge is 0.490 e. The van der Waals surface area contributed by atoms with E-state index in [0.29, 0.717) is 36.3 Å². The summed E-state index contributed by atoms with van der Waals surface area (Å²) in [5, 5.41) is 0.619. The highest BCUT2D eigenvalue weighted by atomic mass is 35.5. The molecule has 1 fully saturated rings. The average molecular weight is 314 g/mol. The highest BCUT2D eigenvalue weighted by molar-refractivity contribution is 6.31. The lowest BCUT2D eigenvalue weighted by atomic mass is 9.91. The predicted octanol–water partition coefficient (Wildman–Crippen LogP) is 3.56. The molecule has 1 aliphatic rings. The van der Waals surface area contributed by atoms with Crippen LogP contribution >= 0.6 is 11.6 Å². The third-order valence-corrected chi connectivity index (χ3v) is 4.09. The summed E-state index contributed by atoms with van der Waals surface area (Å²) >= 11 is 6.39. The fourth-order valence-electron chi connectivity index (χ4n) is 2.70. The summed E-state index contributed by atoms with van der Waals surface area (Å²) in [5.41, 5.74) is 7.29. The number of hydrogen-bond donors (Lipinski definition) is 1. The number of benzene rings is 1. The molecule has 0 saturated carbocycles. The summed E-state index contributed by atoms with van der Waals surface area (Å²) in [6.07, 6.45) is 1.21. The fraction of sp³-hybridized carbons (Fsp3) is 0.625. The SMILES string of the molecule is CCOc1cc(Cl)c(C(N)C2COC(C)C2)cc1OCC. The van der Waals surface area contributed by atoms with Crippen molar-refractivity contribution in [2.75, 3.05) is 19.8 Å². The number of halogens is 1. The molecule has 3 unspecified atom stereocenters. The number of rotatable bonds is 6. The van der Waals surface area contributed by atoms with Crippen molar-refractivity contribution in [1.82, 2.24) is 0 Å². The lowest BCUT2D eigenvalue weighted by molar-refractivity contribution is 0.118. The van der Waals surface area contributed by atoms with Crippen molar-refractivity contribution < 1.29 is 14.2 Å². The molecule has 5 heteroatoms. The molecule has 21 heavy (non-hydrogen) atoms. The van der Waals surface area contributed by atoms with Crippen LogP contribution in [0, 0.1) is 5.92 Å². The monoisotopic (exact) mass is 313 g/mol. The molecule has 2 rings (SSSR count). The van der Waals surface area contributed by atoms with Crippen LogP contribution in [0.4, 0.5) is 0 Å². The highest BCUT2D eigenvalue weighted by Gasteiger charge is 2.30. The van der Waals surface area contributed by atoms with E-state index in [9.17, 15) is 0 Å². The Kier molecular flexibility index (Phi) is 5.73. The van der Waals surface area contributed by atoms with Gasteiger partial charge in [-0.25, -0.2) is 0 Å². The van der Waals surface area contributed by atoms with Gasteiger partial charge in [0.1, 0.15) is 0 Å². The van der Waals surface area contributed by atoms with E-state index in [0.717, 1.165) is 12.0 Å². The van der Waals surface area contributed by atoms with Gasteiger partial charge >= 0.3 is 0 Å². The lowest BCUT2D eigenvalue weighted by Crippen LogP contribution is -2.22. The van der Waals surface area contributed by atoms with E-state index in [4.69, 9.17) is 31.5 Å². The summed E-state index contributed by atoms with van der Waals surface area (Å²) in [6.45, 7) is 7.75. The van der Waals surface area contributed by atoms with E-state index in [1.807, 2.05) is 19.9 Å². The van der Waals surface area contributed by atoms with Gasteiger partial charge in [-0.05, 0) is 38.8 Å². The minimum atomic E-state index is -0.155. The number of ether oxygens (including phenoxy) is 3. The van der Waals surface area contributed by atoms with E-state index >= 15 is 0 Å². The first kappa shape index (κ1) is 16.4. The molecule has 3 atom stereocenters. The Morgan fingerprint density at radius 1 is 1.29 bits per heavy atom. The molecule has 0 radical (unpaired) electrons. The van der Waals surface area contributed by atoms with Gasteiger partial charge in [0.05, 0.1) is 25.9 Å². The molecular formula is C16H24ClNO3. The molecule has 0 aromatic heterocycles. The maximum Gasteiger partial charge on any atom is 0.162 e. The van der Waals surface area contributed by atoms with Gasteiger partial charge in [-0.3, -0.25) is 0 Å². The van der Waals surface area contributed by atoms with Gasteiger partial charge < -0.3 is 19.9 Å². The van der Waals surface area contributed by atoms with Crippen LogP contribution in [0.2, 0.25) is 5.02 Å². The van der Waals surface area contributed by atoms with Gasteiger partial charge in [-0.1, -0.05) is 11.6 Å². The molecule has 1 aromatic carbocycles. The van der Waals surface area contributed by atoms with E-state index in [1.54, 1.807) is 6.07 Å². The van der Waals surface area contributed by atoms with Crippen molar-refractivity contribution in [3.05, 3.63) is 22.7 Å². The first-order chi connectivity index (χ1) is 10.1. The summed E-state index contributed by atoms with van der Waals surface area (Å²) < 4.78 is 16.8. The standard InChI is InChI=1S/C16H24ClNO3/c1-4-19-14-7-12(13(17)8-15(14)20-5-2)16(18)11-6-10(3)21-9-11/h7-8,10-11,16H,4-6,9,18H2,1-3H3. The Labute approximate surface area is 131 Å². The molecule has 0 spiro atoms. The van der Waals surface area contributed by atoms with Gasteiger partial charge in [0.2, 0.25) is 0 Å². The van der Waals surface area contributed by atoms with Gasteiger partial charge in [0, 0.05) is 23.0 Å². The Balaban J connectivity index is 2.27. The summed E-state index contributed by atoms with van der Waals surface area (Å²) in [6, 6.07) is 3.55. The van der Waals surface area contributed by atoms with E-state index in [2.05, 4.69) is 6.92 Å². The molecular weight excluding hydrogens is 290 g/mol. The molecule has 4 nitrogen and oxygen atoms in total. The molecule has 0 bridgehead atoms. The molecule has 118 valence electrons. The van der Waals surface area contributed by atoms with Crippen LogP contribution in [-0.2, 0) is 4.74 Å². The van der Waals surface area contributed by atoms with Crippen molar-refractivity contribution in [3.63, 3.8) is 0 Å². The van der Waals surface area contributed by atoms with Gasteiger partial charge in [-0.2, -0.15) is 0 Å². The zero-order chi connectivity index (χ0) is 15.4. The van der Waals surface area contributed by atoms with Crippen LogP contribution in [-0.4, -0.2) is 25.9 Å². The van der Waals surface area contributed by atoms with Crippen molar-refractivity contribution in [3.8, 4) is 11.5 Å². The Morgan fingerprint density at radius 2 is 1.90 bits per heavy atom. The van der Waals surface area contributed by atoms with Crippen LogP contribution in [0.3, 0.4) is 0 Å². The third-order valence-electron chi connectivity index (χ3n) is 3.76. The highest BCUT2D eigenvalue weighted by Crippen LogP contribution is 2.39. The first-order valence-corrected chi connectivity index (χ1v) is 7.90. The molecule has 1 heterocycles. The van der Waals surface area contributed by atoms with Crippen LogP contribution in [0.25, 0.3) is 0 Å².